The molecule has 1 aromatic carbocycles. The van der Waals surface area contributed by atoms with Crippen LogP contribution in [0.25, 0.3) is 11.0 Å². The molecule has 0 aliphatic carbocycles. The van der Waals surface area contributed by atoms with E-state index in [1.54, 1.807) is 13.2 Å². The average molecular weight is 396 g/mol. The normalized spacial score (nSPS) is 11.1. The third-order valence-corrected chi connectivity index (χ3v) is 5.53. The molecule has 0 aliphatic heterocycles. The molecule has 154 valence electrons. The molecule has 7 nitrogen and oxygen atoms in total. The van der Waals surface area contributed by atoms with Crippen LogP contribution in [0.4, 0.5) is 17.1 Å². The topological polar surface area (TPSA) is 72.2 Å². The highest BCUT2D eigenvalue weighted by molar-refractivity contribution is 5.92. The Hall–Kier alpha value is -3.09. The van der Waals surface area contributed by atoms with Crippen molar-refractivity contribution in [2.24, 2.45) is 14.1 Å². The van der Waals surface area contributed by atoms with Gasteiger partial charge in [0.15, 0.2) is 5.65 Å². The molecule has 7 heteroatoms. The summed E-state index contributed by atoms with van der Waals surface area (Å²) in [6, 6.07) is 6.28. The fraction of sp³-hybridized carbons (Fsp3) is 0.409. The van der Waals surface area contributed by atoms with E-state index >= 15 is 0 Å². The number of aryl methyl sites for hydroxylation is 3. The summed E-state index contributed by atoms with van der Waals surface area (Å²) in [5, 5.41) is 3.90. The maximum absolute atomic E-state index is 12.9. The zero-order valence-electron chi connectivity index (χ0n) is 18.0. The van der Waals surface area contributed by atoms with E-state index in [0.717, 1.165) is 34.5 Å². The molecule has 0 amide bonds. The minimum absolute atomic E-state index is 0.342. The Morgan fingerprint density at radius 3 is 2.34 bits per heavy atom. The van der Waals surface area contributed by atoms with Gasteiger partial charge in [-0.25, -0.2) is 9.78 Å². The Labute approximate surface area is 170 Å². The van der Waals surface area contributed by atoms with Gasteiger partial charge in [0.2, 0.25) is 0 Å². The van der Waals surface area contributed by atoms with Crippen LogP contribution < -0.4 is 21.5 Å². The molecule has 0 saturated carbocycles. The van der Waals surface area contributed by atoms with Crippen molar-refractivity contribution in [2.45, 2.75) is 34.1 Å². The lowest BCUT2D eigenvalue weighted by Gasteiger charge is -2.23. The second kappa shape index (κ2) is 8.11. The van der Waals surface area contributed by atoms with Crippen LogP contribution >= 0.6 is 0 Å². The maximum atomic E-state index is 12.9. The van der Waals surface area contributed by atoms with Gasteiger partial charge in [0, 0.05) is 44.8 Å². The summed E-state index contributed by atoms with van der Waals surface area (Å²) in [4.78, 5) is 31.9. The summed E-state index contributed by atoms with van der Waals surface area (Å²) in [5.74, 6) is 0. The van der Waals surface area contributed by atoms with E-state index in [1.807, 2.05) is 13.0 Å². The Bertz CT molecular complexity index is 1170. The van der Waals surface area contributed by atoms with Gasteiger partial charge in [-0.05, 0) is 56.5 Å². The summed E-state index contributed by atoms with van der Waals surface area (Å²) in [5.41, 5.74) is 4.49. The van der Waals surface area contributed by atoms with Crippen LogP contribution in [0.3, 0.4) is 0 Å². The first kappa shape index (κ1) is 20.6. The molecule has 3 rings (SSSR count). The number of hydrogen-bond acceptors (Lipinski definition) is 5. The second-order valence-electron chi connectivity index (χ2n) is 7.21. The van der Waals surface area contributed by atoms with Gasteiger partial charge in [0.1, 0.15) is 5.39 Å². The second-order valence-corrected chi connectivity index (χ2v) is 7.21. The van der Waals surface area contributed by atoms with E-state index in [-0.39, 0.29) is 11.2 Å². The summed E-state index contributed by atoms with van der Waals surface area (Å²) in [7, 11) is 3.13. The third-order valence-electron chi connectivity index (χ3n) is 5.53. The molecule has 0 radical (unpaired) electrons. The molecule has 0 aliphatic rings. The molecule has 0 unspecified atom stereocenters. The molecular weight excluding hydrogens is 366 g/mol. The Balaban J connectivity index is 2.20. The van der Waals surface area contributed by atoms with Crippen LogP contribution in [0.2, 0.25) is 0 Å². The number of fused-ring (bicyclic) bond motifs is 1. The minimum Gasteiger partial charge on any atom is -0.372 e. The minimum atomic E-state index is -0.384. The molecule has 1 N–H and O–H groups in total. The summed E-state index contributed by atoms with van der Waals surface area (Å²) >= 11 is 0. The van der Waals surface area contributed by atoms with Crippen molar-refractivity contribution in [1.82, 2.24) is 14.1 Å². The number of aromatic nitrogens is 3. The van der Waals surface area contributed by atoms with Crippen LogP contribution in [0.15, 0.2) is 34.0 Å². The van der Waals surface area contributed by atoms with Gasteiger partial charge in [-0.2, -0.15) is 0 Å². The lowest BCUT2D eigenvalue weighted by atomic mass is 10.1. The van der Waals surface area contributed by atoms with Crippen molar-refractivity contribution < 1.29 is 0 Å². The Kier molecular flexibility index (Phi) is 5.77. The molecular formula is C22H29N5O2. The van der Waals surface area contributed by atoms with Crippen LogP contribution in [0.1, 0.15) is 31.9 Å². The third kappa shape index (κ3) is 3.52. The number of nitrogens with zero attached hydrogens (tertiary/aromatic N) is 4. The highest BCUT2D eigenvalue weighted by atomic mass is 16.2. The predicted octanol–water partition coefficient (Wildman–Crippen LogP) is 3.09. The molecule has 0 saturated heterocycles. The number of rotatable bonds is 6. The molecule has 3 aromatic rings. The fourth-order valence-corrected chi connectivity index (χ4v) is 3.69. The number of benzene rings is 1. The van der Waals surface area contributed by atoms with Gasteiger partial charge in [-0.3, -0.25) is 13.9 Å². The lowest BCUT2D eigenvalue weighted by Crippen LogP contribution is -2.37. The Morgan fingerprint density at radius 1 is 1.07 bits per heavy atom. The monoisotopic (exact) mass is 395 g/mol. The van der Waals surface area contributed by atoms with Crippen molar-refractivity contribution >= 4 is 28.1 Å². The van der Waals surface area contributed by atoms with Crippen molar-refractivity contribution in [3.8, 4) is 0 Å². The van der Waals surface area contributed by atoms with Gasteiger partial charge >= 0.3 is 5.69 Å². The number of nitrogens with one attached hydrogen (secondary N) is 1. The SMILES string of the molecule is CCc1cnc2c(c1Nc1ccc(N(CC)CC)cc1C)c(=O)n(C)c(=O)n2C. The van der Waals surface area contributed by atoms with Gasteiger partial charge in [0.05, 0.1) is 5.69 Å². The first-order valence-electron chi connectivity index (χ1n) is 10.0. The molecule has 0 fully saturated rings. The van der Waals surface area contributed by atoms with Crippen molar-refractivity contribution in [1.29, 1.82) is 0 Å². The molecule has 2 aromatic heterocycles. The van der Waals surface area contributed by atoms with Gasteiger partial charge in [-0.1, -0.05) is 6.92 Å². The zero-order chi connectivity index (χ0) is 21.3. The molecule has 2 heterocycles. The first-order valence-corrected chi connectivity index (χ1v) is 10.0. The van der Waals surface area contributed by atoms with Crippen molar-refractivity contribution in [3.63, 3.8) is 0 Å². The maximum Gasteiger partial charge on any atom is 0.332 e. The highest BCUT2D eigenvalue weighted by Crippen LogP contribution is 2.30. The van der Waals surface area contributed by atoms with Crippen LogP contribution in [0, 0.1) is 6.92 Å². The molecule has 0 bridgehead atoms. The predicted molar refractivity (Wildman–Crippen MR) is 120 cm³/mol. The Morgan fingerprint density at radius 2 is 1.76 bits per heavy atom. The van der Waals surface area contributed by atoms with Crippen LogP contribution in [-0.4, -0.2) is 27.2 Å². The number of pyridine rings is 1. The lowest BCUT2D eigenvalue weighted by molar-refractivity contribution is 0.707. The average Bonchev–Trinajstić information content (AvgIpc) is 2.73. The van der Waals surface area contributed by atoms with E-state index < -0.39 is 0 Å². The van der Waals surface area contributed by atoms with E-state index in [1.165, 1.54) is 17.3 Å². The smallest absolute Gasteiger partial charge is 0.332 e. The van der Waals surface area contributed by atoms with Gasteiger partial charge < -0.3 is 10.2 Å². The standard InChI is InChI=1S/C22H29N5O2/c1-7-15-13-23-20-18(21(28)26(6)22(29)25(20)5)19(15)24-17-11-10-16(12-14(17)4)27(8-2)9-3/h10-13H,7-9H2,1-6H3,(H,23,24). The van der Waals surface area contributed by atoms with E-state index in [2.05, 4.69) is 48.1 Å². The van der Waals surface area contributed by atoms with Gasteiger partial charge in [-0.15, -0.1) is 0 Å². The van der Waals surface area contributed by atoms with E-state index in [4.69, 9.17) is 0 Å². The van der Waals surface area contributed by atoms with E-state index in [9.17, 15) is 9.59 Å². The van der Waals surface area contributed by atoms with Crippen LogP contribution in [0.5, 0.6) is 0 Å². The molecule has 0 atom stereocenters. The highest BCUT2D eigenvalue weighted by Gasteiger charge is 2.17. The largest absolute Gasteiger partial charge is 0.372 e. The fourth-order valence-electron chi connectivity index (χ4n) is 3.69. The van der Waals surface area contributed by atoms with Crippen molar-refractivity contribution in [2.75, 3.05) is 23.3 Å². The quantitative estimate of drug-likeness (QED) is 0.694. The number of anilines is 3. The number of hydrogen-bond donors (Lipinski definition) is 1. The summed E-state index contributed by atoms with van der Waals surface area (Å²) in [6.45, 7) is 10.3. The zero-order valence-corrected chi connectivity index (χ0v) is 18.0. The van der Waals surface area contributed by atoms with Gasteiger partial charge in [0.25, 0.3) is 5.56 Å². The van der Waals surface area contributed by atoms with E-state index in [0.29, 0.717) is 23.1 Å². The van der Waals surface area contributed by atoms with Crippen LogP contribution in [-0.2, 0) is 20.5 Å². The summed E-state index contributed by atoms with van der Waals surface area (Å²) in [6.07, 6.45) is 2.46. The molecule has 29 heavy (non-hydrogen) atoms. The first-order chi connectivity index (χ1) is 13.8. The van der Waals surface area contributed by atoms with Crippen molar-refractivity contribution in [3.05, 3.63) is 56.4 Å². The molecule has 0 spiro atoms. The summed E-state index contributed by atoms with van der Waals surface area (Å²) < 4.78 is 2.54.